The van der Waals surface area contributed by atoms with Gasteiger partial charge in [-0.25, -0.2) is 0 Å². The molecule has 0 saturated heterocycles. The van der Waals surface area contributed by atoms with Crippen molar-refractivity contribution in [2.45, 2.75) is 25.6 Å². The Hall–Kier alpha value is -4.20. The molecule has 0 aliphatic heterocycles. The maximum absolute atomic E-state index is 12.8. The summed E-state index contributed by atoms with van der Waals surface area (Å²) in [6.45, 7) is 0.224. The third-order valence-electron chi connectivity index (χ3n) is 6.00. The van der Waals surface area contributed by atoms with Crippen LogP contribution in [-0.2, 0) is 23.9 Å². The molecule has 1 heterocycles. The molecule has 1 amide bonds. The molecule has 0 bridgehead atoms. The number of hydrogen-bond acceptors (Lipinski definition) is 3. The number of amides is 1. The molecule has 1 N–H and O–H groups in total. The Morgan fingerprint density at radius 2 is 1.83 bits per heavy atom. The summed E-state index contributed by atoms with van der Waals surface area (Å²) in [6.07, 6.45) is 4.80. The van der Waals surface area contributed by atoms with Crippen molar-refractivity contribution >= 4 is 17.8 Å². The van der Waals surface area contributed by atoms with Gasteiger partial charge in [0.15, 0.2) is 5.78 Å². The Balaban J connectivity index is 1.25. The SMILES string of the molecule is O=C1CC=C(NC(=O)c2cnn(Cc3ccc(C(F)(F)F)cc3)c2)C=C1C1=Cc2ccccc2C1. The van der Waals surface area contributed by atoms with Crippen LogP contribution in [0.4, 0.5) is 13.2 Å². The van der Waals surface area contributed by atoms with Gasteiger partial charge in [-0.05, 0) is 46.9 Å². The maximum Gasteiger partial charge on any atom is 0.416 e. The summed E-state index contributed by atoms with van der Waals surface area (Å²) in [4.78, 5) is 25.3. The summed E-state index contributed by atoms with van der Waals surface area (Å²) < 4.78 is 39.7. The van der Waals surface area contributed by atoms with Crippen molar-refractivity contribution in [1.29, 1.82) is 0 Å². The predicted molar refractivity (Wildman–Crippen MR) is 124 cm³/mol. The number of ketones is 1. The number of benzene rings is 2. The monoisotopic (exact) mass is 475 g/mol. The van der Waals surface area contributed by atoms with Crippen molar-refractivity contribution in [3.63, 3.8) is 0 Å². The number of fused-ring (bicyclic) bond motifs is 1. The molecule has 35 heavy (non-hydrogen) atoms. The molecule has 0 fully saturated rings. The van der Waals surface area contributed by atoms with Gasteiger partial charge >= 0.3 is 6.18 Å². The lowest BCUT2D eigenvalue weighted by Gasteiger charge is -2.14. The van der Waals surface area contributed by atoms with Gasteiger partial charge in [0.1, 0.15) is 0 Å². The molecular weight excluding hydrogens is 455 g/mol. The number of nitrogens with one attached hydrogen (secondary N) is 1. The van der Waals surface area contributed by atoms with Crippen LogP contribution in [0.2, 0.25) is 0 Å². The number of Topliss-reactive ketones (excluding diaryl/α,β-unsaturated/α-hetero) is 1. The first-order valence-corrected chi connectivity index (χ1v) is 11.0. The number of nitrogens with zero attached hydrogens (tertiary/aromatic N) is 2. The van der Waals surface area contributed by atoms with Crippen LogP contribution in [0.25, 0.3) is 6.08 Å². The zero-order valence-corrected chi connectivity index (χ0v) is 18.5. The Kier molecular flexibility index (Phi) is 5.72. The highest BCUT2D eigenvalue weighted by Gasteiger charge is 2.30. The first kappa shape index (κ1) is 22.6. The van der Waals surface area contributed by atoms with Gasteiger partial charge in [0.05, 0.1) is 23.9 Å². The van der Waals surface area contributed by atoms with Crippen LogP contribution in [0.3, 0.4) is 0 Å². The fourth-order valence-electron chi connectivity index (χ4n) is 4.18. The van der Waals surface area contributed by atoms with E-state index < -0.39 is 11.7 Å². The van der Waals surface area contributed by atoms with Crippen LogP contribution in [0.15, 0.2) is 89.9 Å². The molecule has 0 saturated carbocycles. The quantitative estimate of drug-likeness (QED) is 0.558. The zero-order chi connectivity index (χ0) is 24.6. The average molecular weight is 475 g/mol. The molecule has 0 spiro atoms. The Morgan fingerprint density at radius 3 is 2.57 bits per heavy atom. The minimum Gasteiger partial charge on any atom is -0.322 e. The van der Waals surface area contributed by atoms with Gasteiger partial charge in [0.2, 0.25) is 0 Å². The first-order chi connectivity index (χ1) is 16.8. The zero-order valence-electron chi connectivity index (χ0n) is 18.5. The molecule has 1 aromatic heterocycles. The Bertz CT molecular complexity index is 1410. The van der Waals surface area contributed by atoms with E-state index in [0.717, 1.165) is 28.8 Å². The second kappa shape index (κ2) is 8.87. The van der Waals surface area contributed by atoms with Gasteiger partial charge in [-0.2, -0.15) is 18.3 Å². The van der Waals surface area contributed by atoms with Gasteiger partial charge in [-0.1, -0.05) is 48.6 Å². The molecular formula is C27H20F3N3O2. The van der Waals surface area contributed by atoms with Gasteiger partial charge < -0.3 is 5.32 Å². The summed E-state index contributed by atoms with van der Waals surface area (Å²) in [5.74, 6) is -0.380. The van der Waals surface area contributed by atoms with Crippen molar-refractivity contribution in [2.24, 2.45) is 0 Å². The minimum absolute atomic E-state index is 0.00594. The fourth-order valence-corrected chi connectivity index (χ4v) is 4.18. The van der Waals surface area contributed by atoms with Crippen LogP contribution >= 0.6 is 0 Å². The van der Waals surface area contributed by atoms with E-state index in [1.54, 1.807) is 12.2 Å². The summed E-state index contributed by atoms with van der Waals surface area (Å²) in [6, 6.07) is 12.8. The summed E-state index contributed by atoms with van der Waals surface area (Å²) >= 11 is 0. The van der Waals surface area contributed by atoms with Crippen molar-refractivity contribution in [2.75, 3.05) is 0 Å². The van der Waals surface area contributed by atoms with Crippen LogP contribution in [0, 0.1) is 0 Å². The molecule has 5 rings (SSSR count). The van der Waals surface area contributed by atoms with Gasteiger partial charge in [0, 0.05) is 23.9 Å². The van der Waals surface area contributed by atoms with Gasteiger partial charge in [0.25, 0.3) is 5.91 Å². The highest BCUT2D eigenvalue weighted by molar-refractivity contribution is 6.04. The van der Waals surface area contributed by atoms with Crippen molar-refractivity contribution in [1.82, 2.24) is 15.1 Å². The molecule has 0 unspecified atom stereocenters. The lowest BCUT2D eigenvalue weighted by Crippen LogP contribution is -2.24. The lowest BCUT2D eigenvalue weighted by molar-refractivity contribution is -0.137. The van der Waals surface area contributed by atoms with E-state index in [2.05, 4.69) is 10.4 Å². The number of rotatable bonds is 5. The second-order valence-corrected chi connectivity index (χ2v) is 8.47. The molecule has 0 radical (unpaired) electrons. The van der Waals surface area contributed by atoms with Gasteiger partial charge in [-0.3, -0.25) is 14.3 Å². The van der Waals surface area contributed by atoms with Gasteiger partial charge in [-0.15, -0.1) is 0 Å². The number of aromatic nitrogens is 2. The molecule has 8 heteroatoms. The largest absolute Gasteiger partial charge is 0.416 e. The number of hydrogen-bond donors (Lipinski definition) is 1. The summed E-state index contributed by atoms with van der Waals surface area (Å²) in [7, 11) is 0. The standard InChI is InChI=1S/C27H20F3N3O2/c28-27(29,30)22-7-5-17(6-8-22)15-33-16-21(14-31-33)26(35)32-23-9-10-25(34)24(13-23)20-11-18-3-1-2-4-19(18)12-20/h1-9,11,13-14,16H,10,12,15H2,(H,32,35). The van der Waals surface area contributed by atoms with E-state index in [9.17, 15) is 22.8 Å². The molecule has 5 nitrogen and oxygen atoms in total. The van der Waals surface area contributed by atoms with Crippen molar-refractivity contribution in [3.05, 3.63) is 118 Å². The number of carbonyl (C=O) groups excluding carboxylic acids is 2. The Labute approximate surface area is 199 Å². The smallest absolute Gasteiger partial charge is 0.322 e. The van der Waals surface area contributed by atoms with Crippen LogP contribution in [0.1, 0.15) is 39.0 Å². The molecule has 2 aliphatic rings. The summed E-state index contributed by atoms with van der Waals surface area (Å²) in [5, 5.41) is 6.96. The number of allylic oxidation sites excluding steroid dienone is 4. The number of alkyl halides is 3. The topological polar surface area (TPSA) is 64.0 Å². The Morgan fingerprint density at radius 1 is 1.06 bits per heavy atom. The van der Waals surface area contributed by atoms with Crippen LogP contribution in [0.5, 0.6) is 0 Å². The highest BCUT2D eigenvalue weighted by atomic mass is 19.4. The molecule has 3 aromatic rings. The molecule has 176 valence electrons. The second-order valence-electron chi connectivity index (χ2n) is 8.47. The fraction of sp³-hybridized carbons (Fsp3) is 0.148. The molecule has 2 aliphatic carbocycles. The maximum atomic E-state index is 12.8. The minimum atomic E-state index is -4.39. The van der Waals surface area contributed by atoms with Crippen molar-refractivity contribution in [3.8, 4) is 0 Å². The number of halogens is 3. The summed E-state index contributed by atoms with van der Waals surface area (Å²) in [5.41, 5.74) is 4.53. The van der Waals surface area contributed by atoms with E-state index in [4.69, 9.17) is 0 Å². The van der Waals surface area contributed by atoms with Crippen molar-refractivity contribution < 1.29 is 22.8 Å². The normalized spacial score (nSPS) is 15.3. The predicted octanol–water partition coefficient (Wildman–Crippen LogP) is 5.10. The first-order valence-electron chi connectivity index (χ1n) is 11.0. The average Bonchev–Trinajstić information content (AvgIpc) is 3.47. The van der Waals surface area contributed by atoms with E-state index in [-0.39, 0.29) is 24.7 Å². The number of carbonyl (C=O) groups is 2. The molecule has 0 atom stereocenters. The third kappa shape index (κ3) is 4.87. The third-order valence-corrected chi connectivity index (χ3v) is 6.00. The van der Waals surface area contributed by atoms with Crippen LogP contribution < -0.4 is 5.32 Å². The van der Waals surface area contributed by atoms with E-state index in [0.29, 0.717) is 28.8 Å². The van der Waals surface area contributed by atoms with E-state index >= 15 is 0 Å². The lowest BCUT2D eigenvalue weighted by atomic mass is 9.93. The molecule has 2 aromatic carbocycles. The van der Waals surface area contributed by atoms with E-state index in [1.807, 2.05) is 30.3 Å². The highest BCUT2D eigenvalue weighted by Crippen LogP contribution is 2.32. The van der Waals surface area contributed by atoms with E-state index in [1.165, 1.54) is 29.2 Å². The van der Waals surface area contributed by atoms with Crippen LogP contribution in [-0.4, -0.2) is 21.5 Å².